The van der Waals surface area contributed by atoms with Crippen LogP contribution in [0.3, 0.4) is 0 Å². The van der Waals surface area contributed by atoms with Gasteiger partial charge in [-0.3, -0.25) is 9.69 Å². The Bertz CT molecular complexity index is 484. The van der Waals surface area contributed by atoms with Crippen molar-refractivity contribution in [3.63, 3.8) is 0 Å². The molecule has 1 aromatic rings. The molecule has 2 rings (SSSR count). The second-order valence-electron chi connectivity index (χ2n) is 6.56. The molecule has 0 aromatic heterocycles. The van der Waals surface area contributed by atoms with Crippen LogP contribution in [0.2, 0.25) is 0 Å². The van der Waals surface area contributed by atoms with Crippen molar-refractivity contribution in [1.82, 2.24) is 4.90 Å². The number of amides is 1. The second-order valence-corrected chi connectivity index (χ2v) is 6.56. The lowest BCUT2D eigenvalue weighted by molar-refractivity contribution is -0.123. The summed E-state index contributed by atoms with van der Waals surface area (Å²) in [4.78, 5) is 17.0. The number of carbonyl (C=O) groups is 1. The molecule has 21 heavy (non-hydrogen) atoms. The predicted octanol–water partition coefficient (Wildman–Crippen LogP) is 3.33. The van der Waals surface area contributed by atoms with E-state index in [1.165, 1.54) is 5.56 Å². The molecule has 0 saturated heterocycles. The average molecular weight is 288 g/mol. The van der Waals surface area contributed by atoms with Gasteiger partial charge in [0.05, 0.1) is 6.04 Å². The summed E-state index contributed by atoms with van der Waals surface area (Å²) in [6, 6.07) is 8.24. The van der Waals surface area contributed by atoms with Gasteiger partial charge in [-0.2, -0.15) is 0 Å². The first-order chi connectivity index (χ1) is 10.0. The van der Waals surface area contributed by atoms with Crippen LogP contribution in [-0.4, -0.2) is 37.0 Å². The predicted molar refractivity (Wildman–Crippen MR) is 88.7 cm³/mol. The van der Waals surface area contributed by atoms with Crippen LogP contribution in [0.4, 0.5) is 5.69 Å². The summed E-state index contributed by atoms with van der Waals surface area (Å²) in [5, 5.41) is 0. The monoisotopic (exact) mass is 288 g/mol. The lowest BCUT2D eigenvalue weighted by atomic mass is 10.0. The van der Waals surface area contributed by atoms with Crippen molar-refractivity contribution in [3.05, 3.63) is 29.8 Å². The maximum absolute atomic E-state index is 12.8. The maximum Gasteiger partial charge on any atom is 0.244 e. The van der Waals surface area contributed by atoms with Crippen molar-refractivity contribution in [3.8, 4) is 0 Å². The van der Waals surface area contributed by atoms with Crippen LogP contribution in [0.25, 0.3) is 0 Å². The van der Waals surface area contributed by atoms with Gasteiger partial charge in [0, 0.05) is 12.2 Å². The Kier molecular flexibility index (Phi) is 5.40. The van der Waals surface area contributed by atoms with Crippen molar-refractivity contribution < 1.29 is 4.79 Å². The highest BCUT2D eigenvalue weighted by Gasteiger charge is 2.27. The molecule has 1 aliphatic heterocycles. The summed E-state index contributed by atoms with van der Waals surface area (Å²) in [6.45, 7) is 8.29. The molecule has 3 nitrogen and oxygen atoms in total. The first kappa shape index (κ1) is 16.0. The van der Waals surface area contributed by atoms with Gasteiger partial charge in [-0.1, -0.05) is 32.0 Å². The molecule has 0 aliphatic carbocycles. The van der Waals surface area contributed by atoms with Gasteiger partial charge in [0.2, 0.25) is 5.91 Å². The van der Waals surface area contributed by atoms with Gasteiger partial charge in [0.25, 0.3) is 0 Å². The summed E-state index contributed by atoms with van der Waals surface area (Å²) in [7, 11) is 2.06. The van der Waals surface area contributed by atoms with E-state index in [0.717, 1.165) is 38.0 Å². The number of rotatable bonds is 5. The minimum Gasteiger partial charge on any atom is -0.311 e. The van der Waals surface area contributed by atoms with Crippen LogP contribution in [0.1, 0.15) is 39.2 Å². The molecular weight excluding hydrogens is 260 g/mol. The minimum atomic E-state index is -0.0603. The molecule has 0 radical (unpaired) electrons. The number of fused-ring (bicyclic) bond motifs is 1. The lowest BCUT2D eigenvalue weighted by Gasteiger charge is -2.34. The Morgan fingerprint density at radius 3 is 2.71 bits per heavy atom. The molecule has 0 N–H and O–H groups in total. The van der Waals surface area contributed by atoms with E-state index in [1.54, 1.807) is 0 Å². The topological polar surface area (TPSA) is 23.6 Å². The first-order valence-electron chi connectivity index (χ1n) is 8.10. The fourth-order valence-corrected chi connectivity index (χ4v) is 2.83. The van der Waals surface area contributed by atoms with Crippen molar-refractivity contribution >= 4 is 11.6 Å². The molecule has 3 heteroatoms. The van der Waals surface area contributed by atoms with E-state index in [2.05, 4.69) is 44.0 Å². The largest absolute Gasteiger partial charge is 0.311 e. The third kappa shape index (κ3) is 3.85. The van der Waals surface area contributed by atoms with Crippen molar-refractivity contribution in [1.29, 1.82) is 0 Å². The number of anilines is 1. The minimum absolute atomic E-state index is 0.0603. The molecule has 1 aromatic carbocycles. The number of nitrogens with zero attached hydrogens (tertiary/aromatic N) is 2. The molecule has 1 heterocycles. The molecule has 1 aliphatic rings. The quantitative estimate of drug-likeness (QED) is 0.829. The van der Waals surface area contributed by atoms with E-state index < -0.39 is 0 Å². The summed E-state index contributed by atoms with van der Waals surface area (Å²) in [5.74, 6) is 0.902. The van der Waals surface area contributed by atoms with Crippen LogP contribution < -0.4 is 4.90 Å². The average Bonchev–Trinajstić information content (AvgIpc) is 2.50. The second kappa shape index (κ2) is 7.08. The van der Waals surface area contributed by atoms with Gasteiger partial charge in [0.1, 0.15) is 0 Å². The zero-order chi connectivity index (χ0) is 15.4. The summed E-state index contributed by atoms with van der Waals surface area (Å²) < 4.78 is 0. The third-order valence-corrected chi connectivity index (χ3v) is 4.45. The number of hydrogen-bond donors (Lipinski definition) is 0. The smallest absolute Gasteiger partial charge is 0.244 e. The Balaban J connectivity index is 2.06. The van der Waals surface area contributed by atoms with Crippen molar-refractivity contribution in [2.45, 2.75) is 46.1 Å². The Morgan fingerprint density at radius 2 is 2.00 bits per heavy atom. The van der Waals surface area contributed by atoms with Gasteiger partial charge in [-0.15, -0.1) is 0 Å². The highest BCUT2D eigenvalue weighted by Crippen LogP contribution is 2.27. The van der Waals surface area contributed by atoms with Gasteiger partial charge in [0.15, 0.2) is 0 Å². The van der Waals surface area contributed by atoms with Crippen LogP contribution in [0.5, 0.6) is 0 Å². The third-order valence-electron chi connectivity index (χ3n) is 4.45. The Morgan fingerprint density at radius 1 is 1.29 bits per heavy atom. The molecule has 1 amide bonds. The molecule has 0 bridgehead atoms. The fraction of sp³-hybridized carbons (Fsp3) is 0.611. The first-order valence-corrected chi connectivity index (χ1v) is 8.10. The van der Waals surface area contributed by atoms with E-state index in [-0.39, 0.29) is 11.9 Å². The van der Waals surface area contributed by atoms with Gasteiger partial charge in [-0.25, -0.2) is 0 Å². The van der Waals surface area contributed by atoms with Crippen LogP contribution in [0, 0.1) is 5.92 Å². The van der Waals surface area contributed by atoms with Gasteiger partial charge >= 0.3 is 0 Å². The summed E-state index contributed by atoms with van der Waals surface area (Å²) in [5.41, 5.74) is 2.41. The Hall–Kier alpha value is -1.35. The van der Waals surface area contributed by atoms with Crippen molar-refractivity contribution in [2.75, 3.05) is 25.0 Å². The van der Waals surface area contributed by atoms with Crippen LogP contribution in [-0.2, 0) is 11.2 Å². The Labute approximate surface area is 128 Å². The fourth-order valence-electron chi connectivity index (χ4n) is 2.83. The number of carbonyl (C=O) groups excluding carboxylic acids is 1. The van der Waals surface area contributed by atoms with Crippen LogP contribution >= 0.6 is 0 Å². The normalized spacial score (nSPS) is 16.2. The van der Waals surface area contributed by atoms with Gasteiger partial charge in [-0.05, 0) is 57.3 Å². The zero-order valence-corrected chi connectivity index (χ0v) is 13.8. The summed E-state index contributed by atoms with van der Waals surface area (Å²) in [6.07, 6.45) is 3.27. The molecular formula is C18H28N2O. The lowest BCUT2D eigenvalue weighted by Crippen LogP contribution is -2.47. The molecule has 0 fully saturated rings. The number of benzene rings is 1. The maximum atomic E-state index is 12.8. The number of likely N-dealkylation sites (N-methyl/N-ethyl adjacent to an activating group) is 1. The highest BCUT2D eigenvalue weighted by molar-refractivity contribution is 5.97. The van der Waals surface area contributed by atoms with E-state index >= 15 is 0 Å². The van der Waals surface area contributed by atoms with Crippen LogP contribution in [0.15, 0.2) is 24.3 Å². The summed E-state index contributed by atoms with van der Waals surface area (Å²) >= 11 is 0. The number of para-hydroxylation sites is 1. The molecule has 0 saturated carbocycles. The number of hydrogen-bond acceptors (Lipinski definition) is 2. The molecule has 116 valence electrons. The van der Waals surface area contributed by atoms with E-state index in [4.69, 9.17) is 0 Å². The molecule has 1 unspecified atom stereocenters. The number of aryl methyl sites for hydroxylation is 1. The SMILES string of the molecule is CC(C)CCN(C)C(C)C(=O)N1CCCc2ccccc21. The van der Waals surface area contributed by atoms with E-state index in [0.29, 0.717) is 5.92 Å². The molecule has 1 atom stereocenters. The van der Waals surface area contributed by atoms with E-state index in [1.807, 2.05) is 17.9 Å². The standard InChI is InChI=1S/C18H28N2O/c1-14(2)11-13-19(4)15(3)18(21)20-12-7-9-16-8-5-6-10-17(16)20/h5-6,8,10,14-15H,7,9,11-13H2,1-4H3. The van der Waals surface area contributed by atoms with E-state index in [9.17, 15) is 4.79 Å². The van der Waals surface area contributed by atoms with Crippen molar-refractivity contribution in [2.24, 2.45) is 5.92 Å². The zero-order valence-electron chi connectivity index (χ0n) is 13.8. The highest BCUT2D eigenvalue weighted by atomic mass is 16.2. The van der Waals surface area contributed by atoms with Gasteiger partial charge < -0.3 is 4.90 Å². The molecule has 0 spiro atoms.